The van der Waals surface area contributed by atoms with E-state index in [0.717, 1.165) is 36.9 Å². The first kappa shape index (κ1) is 22.2. The Morgan fingerprint density at radius 1 is 1.21 bits per heavy atom. The van der Waals surface area contributed by atoms with Crippen molar-refractivity contribution >= 4 is 28.5 Å². The number of H-pyrrole nitrogens is 1. The number of nitrogens with one attached hydrogen (secondary N) is 1. The molecule has 154 valence electrons. The predicted molar refractivity (Wildman–Crippen MR) is 112 cm³/mol. The summed E-state index contributed by atoms with van der Waals surface area (Å²) in [5.74, 6) is 0. The summed E-state index contributed by atoms with van der Waals surface area (Å²) in [4.78, 5) is 31.3. The van der Waals surface area contributed by atoms with Crippen LogP contribution in [0.2, 0.25) is 5.15 Å². The summed E-state index contributed by atoms with van der Waals surface area (Å²) >= 11 is 5.83. The van der Waals surface area contributed by atoms with Crippen LogP contribution in [-0.2, 0) is 10.3 Å². The lowest BCUT2D eigenvalue weighted by Crippen LogP contribution is -2.34. The minimum Gasteiger partial charge on any atom is -0.444 e. The van der Waals surface area contributed by atoms with Crippen molar-refractivity contribution in [3.63, 3.8) is 0 Å². The first-order valence-electron chi connectivity index (χ1n) is 9.33. The minimum absolute atomic E-state index is 0.167. The number of hydrogen-bond donors (Lipinski definition) is 2. The van der Waals surface area contributed by atoms with Crippen molar-refractivity contribution in [2.45, 2.75) is 58.6 Å². The summed E-state index contributed by atoms with van der Waals surface area (Å²) in [6, 6.07) is 1.66. The highest BCUT2D eigenvalue weighted by Crippen LogP contribution is 2.25. The molecule has 3 rings (SSSR count). The fourth-order valence-electron chi connectivity index (χ4n) is 2.89. The zero-order valence-electron chi connectivity index (χ0n) is 17.1. The smallest absolute Gasteiger partial charge is 0.410 e. The maximum Gasteiger partial charge on any atom is 0.410 e. The van der Waals surface area contributed by atoms with E-state index in [2.05, 4.69) is 9.97 Å². The molecule has 28 heavy (non-hydrogen) atoms. The number of ether oxygens (including phenoxy) is 1. The SMILES string of the molecule is CC(C)(C)OC(=O)N1CCCC1.CC(C)(N)c1c[nH]c(=O)c2cnc(Cl)cc12. The molecular weight excluding hydrogens is 380 g/mol. The fraction of sp³-hybridized carbons (Fsp3) is 0.550. The van der Waals surface area contributed by atoms with Gasteiger partial charge in [-0.05, 0) is 64.5 Å². The lowest BCUT2D eigenvalue weighted by Gasteiger charge is -2.23. The number of fused-ring (bicyclic) bond motifs is 1. The highest BCUT2D eigenvalue weighted by Gasteiger charge is 2.24. The summed E-state index contributed by atoms with van der Waals surface area (Å²) in [5.41, 5.74) is 5.78. The maximum absolute atomic E-state index is 11.6. The highest BCUT2D eigenvalue weighted by molar-refractivity contribution is 6.30. The fourth-order valence-corrected chi connectivity index (χ4v) is 3.04. The van der Waals surface area contributed by atoms with Crippen LogP contribution in [0.5, 0.6) is 0 Å². The molecule has 1 saturated heterocycles. The molecule has 0 aliphatic carbocycles. The minimum atomic E-state index is -0.548. The largest absolute Gasteiger partial charge is 0.444 e. The molecule has 0 bridgehead atoms. The van der Waals surface area contributed by atoms with Gasteiger partial charge in [-0.1, -0.05) is 11.6 Å². The van der Waals surface area contributed by atoms with Gasteiger partial charge in [0.25, 0.3) is 5.56 Å². The number of aromatic amines is 1. The van der Waals surface area contributed by atoms with Gasteiger partial charge in [0.05, 0.1) is 5.39 Å². The lowest BCUT2D eigenvalue weighted by molar-refractivity contribution is 0.0295. The van der Waals surface area contributed by atoms with Crippen LogP contribution in [0.25, 0.3) is 10.8 Å². The maximum atomic E-state index is 11.6. The van der Waals surface area contributed by atoms with Crippen molar-refractivity contribution in [3.05, 3.63) is 39.5 Å². The quantitative estimate of drug-likeness (QED) is 0.699. The van der Waals surface area contributed by atoms with Crippen molar-refractivity contribution in [2.24, 2.45) is 5.73 Å². The van der Waals surface area contributed by atoms with Crippen molar-refractivity contribution in [3.8, 4) is 0 Å². The second kappa shape index (κ2) is 8.49. The van der Waals surface area contributed by atoms with E-state index in [1.54, 1.807) is 17.2 Å². The molecule has 1 aliphatic rings. The van der Waals surface area contributed by atoms with Crippen molar-refractivity contribution < 1.29 is 9.53 Å². The number of aromatic nitrogens is 2. The molecule has 1 aliphatic heterocycles. The Bertz CT molecular complexity index is 891. The van der Waals surface area contributed by atoms with Crippen LogP contribution in [-0.4, -0.2) is 39.7 Å². The molecule has 0 radical (unpaired) electrons. The summed E-state index contributed by atoms with van der Waals surface area (Å²) in [6.45, 7) is 11.1. The molecule has 0 spiro atoms. The van der Waals surface area contributed by atoms with Crippen LogP contribution >= 0.6 is 11.6 Å². The van der Waals surface area contributed by atoms with Crippen LogP contribution in [0.3, 0.4) is 0 Å². The Balaban J connectivity index is 0.000000209. The molecule has 2 aromatic rings. The molecule has 3 N–H and O–H groups in total. The lowest BCUT2D eigenvalue weighted by atomic mass is 9.93. The number of likely N-dealkylation sites (tertiary alicyclic amines) is 1. The van der Waals surface area contributed by atoms with E-state index in [9.17, 15) is 9.59 Å². The Hall–Kier alpha value is -2.12. The van der Waals surface area contributed by atoms with Gasteiger partial charge in [-0.2, -0.15) is 0 Å². The van der Waals surface area contributed by atoms with Gasteiger partial charge < -0.3 is 20.4 Å². The van der Waals surface area contributed by atoms with Gasteiger partial charge in [-0.25, -0.2) is 9.78 Å². The van der Waals surface area contributed by atoms with E-state index < -0.39 is 5.54 Å². The Morgan fingerprint density at radius 3 is 2.36 bits per heavy atom. The standard InChI is InChI=1S/C11H12ClN3O.C9H17NO2/c1-11(2,13)8-5-15-10(16)7-4-14-9(12)3-6(7)8;1-9(2,3)12-8(11)10-6-4-5-7-10/h3-5H,13H2,1-2H3,(H,15,16);4-7H2,1-3H3. The first-order valence-corrected chi connectivity index (χ1v) is 9.70. The topological polar surface area (TPSA) is 101 Å². The van der Waals surface area contributed by atoms with Crippen LogP contribution in [0.4, 0.5) is 4.79 Å². The summed E-state index contributed by atoms with van der Waals surface area (Å²) in [6.07, 6.45) is 5.14. The number of nitrogens with two attached hydrogens (primary N) is 1. The Kier molecular flexibility index (Phi) is 6.72. The molecule has 3 heterocycles. The molecule has 1 fully saturated rings. The number of carbonyl (C=O) groups excluding carboxylic acids is 1. The average Bonchev–Trinajstić information content (AvgIpc) is 3.07. The van der Waals surface area contributed by atoms with Gasteiger partial charge in [0, 0.05) is 31.0 Å². The average molecular weight is 409 g/mol. The number of pyridine rings is 2. The molecule has 8 heteroatoms. The van der Waals surface area contributed by atoms with E-state index >= 15 is 0 Å². The third-order valence-corrected chi connectivity index (χ3v) is 4.41. The van der Waals surface area contributed by atoms with E-state index in [4.69, 9.17) is 22.1 Å². The normalized spacial score (nSPS) is 14.6. The van der Waals surface area contributed by atoms with E-state index in [1.165, 1.54) is 6.20 Å². The molecular formula is C20H29ClN4O3. The third kappa shape index (κ3) is 5.94. The zero-order valence-corrected chi connectivity index (χ0v) is 17.9. The summed E-state index contributed by atoms with van der Waals surface area (Å²) in [5, 5.41) is 1.60. The predicted octanol–water partition coefficient (Wildman–Crippen LogP) is 3.79. The number of nitrogens with zero attached hydrogens (tertiary/aromatic N) is 2. The van der Waals surface area contributed by atoms with Gasteiger partial charge in [-0.3, -0.25) is 4.79 Å². The van der Waals surface area contributed by atoms with Gasteiger partial charge in [-0.15, -0.1) is 0 Å². The number of halogens is 1. The van der Waals surface area contributed by atoms with Gasteiger partial charge in [0.2, 0.25) is 0 Å². The second-order valence-electron chi connectivity index (χ2n) is 8.48. The Morgan fingerprint density at radius 2 is 1.82 bits per heavy atom. The van der Waals surface area contributed by atoms with E-state index in [-0.39, 0.29) is 17.3 Å². The molecule has 2 aromatic heterocycles. The molecule has 7 nitrogen and oxygen atoms in total. The summed E-state index contributed by atoms with van der Waals surface area (Å²) < 4.78 is 5.21. The van der Waals surface area contributed by atoms with Crippen molar-refractivity contribution in [1.82, 2.24) is 14.9 Å². The molecule has 0 atom stereocenters. The van der Waals surface area contributed by atoms with Gasteiger partial charge >= 0.3 is 6.09 Å². The van der Waals surface area contributed by atoms with Crippen LogP contribution in [0.1, 0.15) is 53.0 Å². The first-order chi connectivity index (χ1) is 12.9. The third-order valence-electron chi connectivity index (χ3n) is 4.20. The van der Waals surface area contributed by atoms with Crippen LogP contribution in [0.15, 0.2) is 23.3 Å². The van der Waals surface area contributed by atoms with E-state index in [0.29, 0.717) is 10.5 Å². The van der Waals surface area contributed by atoms with Crippen molar-refractivity contribution in [2.75, 3.05) is 13.1 Å². The van der Waals surface area contributed by atoms with Crippen LogP contribution in [0, 0.1) is 0 Å². The molecule has 0 saturated carbocycles. The van der Waals surface area contributed by atoms with Crippen LogP contribution < -0.4 is 11.3 Å². The summed E-state index contributed by atoms with van der Waals surface area (Å²) in [7, 11) is 0. The second-order valence-corrected chi connectivity index (χ2v) is 8.87. The molecule has 0 unspecified atom stereocenters. The molecule has 1 amide bonds. The number of amides is 1. The van der Waals surface area contributed by atoms with E-state index in [1.807, 2.05) is 34.6 Å². The number of carbonyl (C=O) groups is 1. The zero-order chi connectivity index (χ0) is 21.1. The van der Waals surface area contributed by atoms with Gasteiger partial charge in [0.15, 0.2) is 0 Å². The Labute approximate surface area is 170 Å². The number of rotatable bonds is 1. The van der Waals surface area contributed by atoms with Gasteiger partial charge in [0.1, 0.15) is 10.8 Å². The molecule has 0 aromatic carbocycles. The van der Waals surface area contributed by atoms with Crippen molar-refractivity contribution in [1.29, 1.82) is 0 Å². The number of hydrogen-bond acceptors (Lipinski definition) is 5. The monoisotopic (exact) mass is 408 g/mol. The highest BCUT2D eigenvalue weighted by atomic mass is 35.5.